The van der Waals surface area contributed by atoms with Crippen molar-refractivity contribution in [2.75, 3.05) is 0 Å². The summed E-state index contributed by atoms with van der Waals surface area (Å²) in [4.78, 5) is 4.44. The SMILES string of the molecule is C=C/C=C(\C=C/C)C(/C)=N/C(C=C)=C\C. The quantitative estimate of drug-likeness (QED) is 0.466. The van der Waals surface area contributed by atoms with Gasteiger partial charge in [0.1, 0.15) is 0 Å². The minimum atomic E-state index is 0.881. The van der Waals surface area contributed by atoms with Gasteiger partial charge in [-0.1, -0.05) is 43.5 Å². The van der Waals surface area contributed by atoms with Crippen LogP contribution in [-0.2, 0) is 0 Å². The molecule has 15 heavy (non-hydrogen) atoms. The second-order valence-corrected chi connectivity index (χ2v) is 2.97. The van der Waals surface area contributed by atoms with Crippen molar-refractivity contribution in [3.63, 3.8) is 0 Å². The van der Waals surface area contributed by atoms with Gasteiger partial charge < -0.3 is 0 Å². The molecule has 0 aromatic rings. The van der Waals surface area contributed by atoms with Gasteiger partial charge in [-0.15, -0.1) is 0 Å². The Kier molecular flexibility index (Phi) is 6.90. The lowest BCUT2D eigenvalue weighted by Crippen LogP contribution is -1.95. The largest absolute Gasteiger partial charge is 0.254 e. The molecule has 1 heteroatoms. The fraction of sp³-hybridized carbons (Fsp3) is 0.214. The Balaban J connectivity index is 5.09. The molecule has 0 aromatic carbocycles. The third-order valence-electron chi connectivity index (χ3n) is 1.86. The summed E-state index contributed by atoms with van der Waals surface area (Å²) in [7, 11) is 0. The Morgan fingerprint density at radius 2 is 1.87 bits per heavy atom. The summed E-state index contributed by atoms with van der Waals surface area (Å²) in [5.74, 6) is 0. The van der Waals surface area contributed by atoms with E-state index >= 15 is 0 Å². The first-order chi connectivity index (χ1) is 7.19. The number of nitrogens with zero attached hydrogens (tertiary/aromatic N) is 1. The Morgan fingerprint density at radius 1 is 1.20 bits per heavy atom. The van der Waals surface area contributed by atoms with Crippen molar-refractivity contribution in [3.8, 4) is 0 Å². The highest BCUT2D eigenvalue weighted by atomic mass is 14.7. The van der Waals surface area contributed by atoms with Gasteiger partial charge in [-0.05, 0) is 32.4 Å². The van der Waals surface area contributed by atoms with E-state index < -0.39 is 0 Å². The van der Waals surface area contributed by atoms with Crippen LogP contribution in [-0.4, -0.2) is 5.71 Å². The molecule has 0 atom stereocenters. The van der Waals surface area contributed by atoms with E-state index in [2.05, 4.69) is 18.2 Å². The fourth-order valence-electron chi connectivity index (χ4n) is 1.09. The van der Waals surface area contributed by atoms with Crippen LogP contribution in [0.4, 0.5) is 0 Å². The van der Waals surface area contributed by atoms with E-state index in [-0.39, 0.29) is 0 Å². The van der Waals surface area contributed by atoms with Crippen LogP contribution >= 0.6 is 0 Å². The molecule has 0 aromatic heterocycles. The number of allylic oxidation sites excluding steroid dienone is 7. The smallest absolute Gasteiger partial charge is 0.0584 e. The predicted octanol–water partition coefficient (Wildman–Crippen LogP) is 4.23. The predicted molar refractivity (Wildman–Crippen MR) is 70.2 cm³/mol. The second kappa shape index (κ2) is 7.74. The van der Waals surface area contributed by atoms with E-state index in [9.17, 15) is 0 Å². The molecule has 0 radical (unpaired) electrons. The highest BCUT2D eigenvalue weighted by Gasteiger charge is 1.96. The van der Waals surface area contributed by atoms with E-state index in [0.717, 1.165) is 17.0 Å². The maximum Gasteiger partial charge on any atom is 0.0584 e. The Morgan fingerprint density at radius 3 is 2.27 bits per heavy atom. The van der Waals surface area contributed by atoms with Gasteiger partial charge in [0.2, 0.25) is 0 Å². The van der Waals surface area contributed by atoms with Crippen molar-refractivity contribution >= 4 is 5.71 Å². The lowest BCUT2D eigenvalue weighted by Gasteiger charge is -2.01. The molecule has 0 N–H and O–H groups in total. The molecule has 0 aliphatic rings. The van der Waals surface area contributed by atoms with Gasteiger partial charge in [0, 0.05) is 5.71 Å². The zero-order chi connectivity index (χ0) is 11.7. The number of hydrogen-bond acceptors (Lipinski definition) is 1. The van der Waals surface area contributed by atoms with Crippen molar-refractivity contribution in [1.29, 1.82) is 0 Å². The van der Waals surface area contributed by atoms with Gasteiger partial charge >= 0.3 is 0 Å². The highest BCUT2D eigenvalue weighted by Crippen LogP contribution is 2.06. The zero-order valence-electron chi connectivity index (χ0n) is 9.83. The lowest BCUT2D eigenvalue weighted by molar-refractivity contribution is 1.37. The lowest BCUT2D eigenvalue weighted by atomic mass is 10.1. The molecule has 0 unspecified atom stereocenters. The number of hydrogen-bond donors (Lipinski definition) is 0. The van der Waals surface area contributed by atoms with Crippen LogP contribution in [0.5, 0.6) is 0 Å². The van der Waals surface area contributed by atoms with Gasteiger partial charge in [-0.2, -0.15) is 0 Å². The van der Waals surface area contributed by atoms with Crippen molar-refractivity contribution in [3.05, 3.63) is 60.9 Å². The molecule has 0 bridgehead atoms. The first-order valence-corrected chi connectivity index (χ1v) is 4.99. The molecule has 1 nitrogen and oxygen atoms in total. The summed E-state index contributed by atoms with van der Waals surface area (Å²) >= 11 is 0. The Hall–Kier alpha value is -1.63. The van der Waals surface area contributed by atoms with Gasteiger partial charge in [0.05, 0.1) is 5.70 Å². The standard InChI is InChI=1S/C14H19N/c1-6-10-13(11-7-2)12(5)15-14(8-3)9-4/h6-11H,1,3H2,2,4-5H3/b11-7-,13-10+,14-9-,15-12+. The molecular formula is C14H19N. The second-order valence-electron chi connectivity index (χ2n) is 2.97. The molecule has 0 aliphatic carbocycles. The summed E-state index contributed by atoms with van der Waals surface area (Å²) in [6.45, 7) is 13.3. The first-order valence-electron chi connectivity index (χ1n) is 4.99. The normalized spacial score (nSPS) is 14.5. The maximum absolute atomic E-state index is 4.44. The van der Waals surface area contributed by atoms with E-state index in [4.69, 9.17) is 0 Å². The van der Waals surface area contributed by atoms with E-state index in [1.165, 1.54) is 0 Å². The molecule has 0 rings (SSSR count). The molecule has 0 saturated carbocycles. The highest BCUT2D eigenvalue weighted by molar-refractivity contribution is 6.01. The molecule has 0 saturated heterocycles. The van der Waals surface area contributed by atoms with Crippen LogP contribution in [0.25, 0.3) is 0 Å². The van der Waals surface area contributed by atoms with Crippen LogP contribution in [0.1, 0.15) is 20.8 Å². The minimum absolute atomic E-state index is 0.881. The van der Waals surface area contributed by atoms with E-state index in [1.54, 1.807) is 12.2 Å². The third-order valence-corrected chi connectivity index (χ3v) is 1.86. The van der Waals surface area contributed by atoms with E-state index in [0.29, 0.717) is 0 Å². The molecule has 0 spiro atoms. The zero-order valence-corrected chi connectivity index (χ0v) is 9.83. The van der Waals surface area contributed by atoms with Gasteiger partial charge in [-0.25, -0.2) is 0 Å². The third kappa shape index (κ3) is 4.96. The van der Waals surface area contributed by atoms with Gasteiger partial charge in [0.15, 0.2) is 0 Å². The summed E-state index contributed by atoms with van der Waals surface area (Å²) in [6, 6.07) is 0. The Labute approximate surface area is 92.9 Å². The number of aliphatic imine (C=N–C) groups is 1. The van der Waals surface area contributed by atoms with Gasteiger partial charge in [0.25, 0.3) is 0 Å². The first kappa shape index (κ1) is 13.4. The molecule has 0 aliphatic heterocycles. The van der Waals surface area contributed by atoms with Crippen molar-refractivity contribution in [2.24, 2.45) is 4.99 Å². The summed E-state index contributed by atoms with van der Waals surface area (Å²) < 4.78 is 0. The topological polar surface area (TPSA) is 12.4 Å². The summed E-state index contributed by atoms with van der Waals surface area (Å²) in [5, 5.41) is 0. The number of rotatable bonds is 5. The van der Waals surface area contributed by atoms with Crippen molar-refractivity contribution < 1.29 is 0 Å². The van der Waals surface area contributed by atoms with Crippen LogP contribution in [0, 0.1) is 0 Å². The van der Waals surface area contributed by atoms with Crippen LogP contribution in [0.2, 0.25) is 0 Å². The molecule has 80 valence electrons. The van der Waals surface area contributed by atoms with E-state index in [1.807, 2.05) is 45.1 Å². The average Bonchev–Trinajstić information content (AvgIpc) is 2.25. The monoisotopic (exact) mass is 201 g/mol. The maximum atomic E-state index is 4.44. The minimum Gasteiger partial charge on any atom is -0.254 e. The molecule has 0 fully saturated rings. The van der Waals surface area contributed by atoms with Crippen molar-refractivity contribution in [1.82, 2.24) is 0 Å². The van der Waals surface area contributed by atoms with Crippen LogP contribution < -0.4 is 0 Å². The van der Waals surface area contributed by atoms with Crippen LogP contribution in [0.15, 0.2) is 65.9 Å². The average molecular weight is 201 g/mol. The fourth-order valence-corrected chi connectivity index (χ4v) is 1.09. The molecule has 0 amide bonds. The van der Waals surface area contributed by atoms with Crippen LogP contribution in [0.3, 0.4) is 0 Å². The van der Waals surface area contributed by atoms with Gasteiger partial charge in [-0.3, -0.25) is 4.99 Å². The Bertz CT molecular complexity index is 338. The summed E-state index contributed by atoms with van der Waals surface area (Å²) in [5.41, 5.74) is 2.90. The molecular weight excluding hydrogens is 182 g/mol. The molecule has 0 heterocycles. The van der Waals surface area contributed by atoms with Crippen molar-refractivity contribution in [2.45, 2.75) is 20.8 Å². The summed E-state index contributed by atoms with van der Waals surface area (Å²) in [6.07, 6.45) is 11.4.